The molecule has 2 aromatic carbocycles. The fraction of sp³-hybridized carbons (Fsp3) is 0.167. The SMILES string of the molecule is O=C(Cn1ccc2ccn(Cc3ccccc3F)c2c1=O)Nc1ccc2c(c1)OCCO2. The van der Waals surface area contributed by atoms with E-state index in [-0.39, 0.29) is 30.4 Å². The summed E-state index contributed by atoms with van der Waals surface area (Å²) in [6.45, 7) is 1.00. The molecule has 1 aliphatic rings. The number of nitrogens with zero attached hydrogens (tertiary/aromatic N) is 2. The van der Waals surface area contributed by atoms with E-state index >= 15 is 0 Å². The van der Waals surface area contributed by atoms with Gasteiger partial charge in [0.05, 0.1) is 6.54 Å². The minimum Gasteiger partial charge on any atom is -0.486 e. The Morgan fingerprint density at radius 1 is 0.969 bits per heavy atom. The first-order chi connectivity index (χ1) is 15.6. The van der Waals surface area contributed by atoms with Gasteiger partial charge in [-0.25, -0.2) is 4.39 Å². The second-order valence-electron chi connectivity index (χ2n) is 7.49. The highest BCUT2D eigenvalue weighted by Gasteiger charge is 2.15. The first-order valence-corrected chi connectivity index (χ1v) is 10.2. The normalized spacial score (nSPS) is 12.7. The zero-order valence-corrected chi connectivity index (χ0v) is 17.1. The van der Waals surface area contributed by atoms with E-state index in [1.54, 1.807) is 65.5 Å². The second kappa shape index (κ2) is 8.22. The Bertz CT molecular complexity index is 1380. The van der Waals surface area contributed by atoms with Gasteiger partial charge in [-0.15, -0.1) is 0 Å². The van der Waals surface area contributed by atoms with E-state index < -0.39 is 0 Å². The molecule has 0 unspecified atom stereocenters. The average Bonchev–Trinajstić information content (AvgIpc) is 3.20. The van der Waals surface area contributed by atoms with Crippen molar-refractivity contribution in [3.63, 3.8) is 0 Å². The van der Waals surface area contributed by atoms with Crippen molar-refractivity contribution in [2.24, 2.45) is 0 Å². The van der Waals surface area contributed by atoms with Gasteiger partial charge in [-0.3, -0.25) is 9.59 Å². The van der Waals surface area contributed by atoms with Gasteiger partial charge in [-0.05, 0) is 30.3 Å². The van der Waals surface area contributed by atoms with Gasteiger partial charge in [0, 0.05) is 35.1 Å². The second-order valence-corrected chi connectivity index (χ2v) is 7.49. The zero-order valence-electron chi connectivity index (χ0n) is 17.1. The Morgan fingerprint density at radius 2 is 1.72 bits per heavy atom. The molecule has 0 saturated heterocycles. The number of nitrogens with one attached hydrogen (secondary N) is 1. The molecular formula is C24H20FN3O4. The number of fused-ring (bicyclic) bond motifs is 2. The van der Waals surface area contributed by atoms with Crippen molar-refractivity contribution in [2.75, 3.05) is 18.5 Å². The molecule has 0 radical (unpaired) electrons. The number of pyridine rings is 1. The van der Waals surface area contributed by atoms with Crippen molar-refractivity contribution >= 4 is 22.5 Å². The van der Waals surface area contributed by atoms with Gasteiger partial charge in [-0.1, -0.05) is 18.2 Å². The largest absolute Gasteiger partial charge is 0.486 e. The third-order valence-corrected chi connectivity index (χ3v) is 5.33. The standard InChI is InChI=1S/C24H20FN3O4/c25-19-4-2-1-3-17(19)14-27-9-7-16-8-10-28(24(30)23(16)27)15-22(29)26-18-5-6-20-21(13-18)32-12-11-31-20/h1-10,13H,11-12,14-15H2,(H,26,29). The topological polar surface area (TPSA) is 74.5 Å². The van der Waals surface area contributed by atoms with Gasteiger partial charge >= 0.3 is 0 Å². The van der Waals surface area contributed by atoms with E-state index in [2.05, 4.69) is 5.32 Å². The Balaban J connectivity index is 1.37. The summed E-state index contributed by atoms with van der Waals surface area (Å²) in [4.78, 5) is 25.7. The maximum absolute atomic E-state index is 14.1. The third-order valence-electron chi connectivity index (χ3n) is 5.33. The van der Waals surface area contributed by atoms with E-state index in [1.165, 1.54) is 10.6 Å². The summed E-state index contributed by atoms with van der Waals surface area (Å²) in [5.41, 5.74) is 1.14. The zero-order chi connectivity index (χ0) is 22.1. The predicted molar refractivity (Wildman–Crippen MR) is 118 cm³/mol. The minimum atomic E-state index is -0.352. The maximum Gasteiger partial charge on any atom is 0.275 e. The number of ether oxygens (including phenoxy) is 2. The van der Waals surface area contributed by atoms with Crippen molar-refractivity contribution in [2.45, 2.75) is 13.1 Å². The van der Waals surface area contributed by atoms with E-state index in [0.717, 1.165) is 5.39 Å². The first kappa shape index (κ1) is 19.9. The van der Waals surface area contributed by atoms with Crippen LogP contribution in [0.15, 0.2) is 71.8 Å². The van der Waals surface area contributed by atoms with Crippen molar-refractivity contribution in [1.29, 1.82) is 0 Å². The first-order valence-electron chi connectivity index (χ1n) is 10.2. The van der Waals surface area contributed by atoms with E-state index in [1.807, 2.05) is 0 Å². The lowest BCUT2D eigenvalue weighted by Gasteiger charge is -2.19. The van der Waals surface area contributed by atoms with Crippen LogP contribution in [-0.2, 0) is 17.9 Å². The highest BCUT2D eigenvalue weighted by molar-refractivity contribution is 5.91. The number of rotatable bonds is 5. The molecule has 1 N–H and O–H groups in total. The number of aromatic nitrogens is 2. The summed E-state index contributed by atoms with van der Waals surface area (Å²) in [7, 11) is 0. The Morgan fingerprint density at radius 3 is 2.53 bits per heavy atom. The average molecular weight is 433 g/mol. The Labute approximate surface area is 182 Å². The molecule has 5 rings (SSSR count). The monoisotopic (exact) mass is 433 g/mol. The molecule has 3 heterocycles. The number of anilines is 1. The third kappa shape index (κ3) is 3.82. The molecule has 32 heavy (non-hydrogen) atoms. The van der Waals surface area contributed by atoms with Crippen LogP contribution in [0.2, 0.25) is 0 Å². The van der Waals surface area contributed by atoms with Gasteiger partial charge in [0.25, 0.3) is 5.56 Å². The number of carbonyl (C=O) groups excluding carboxylic acids is 1. The molecule has 1 aliphatic heterocycles. The molecule has 2 aromatic heterocycles. The summed E-state index contributed by atoms with van der Waals surface area (Å²) < 4.78 is 28.1. The lowest BCUT2D eigenvalue weighted by Crippen LogP contribution is -2.28. The lowest BCUT2D eigenvalue weighted by atomic mass is 10.2. The van der Waals surface area contributed by atoms with Crippen molar-refractivity contribution in [3.05, 3.63) is 88.7 Å². The molecule has 0 spiro atoms. The van der Waals surface area contributed by atoms with Gasteiger partial charge in [0.1, 0.15) is 31.1 Å². The summed E-state index contributed by atoms with van der Waals surface area (Å²) in [5, 5.41) is 3.51. The Hall–Kier alpha value is -4.07. The molecule has 0 aliphatic carbocycles. The van der Waals surface area contributed by atoms with Crippen LogP contribution in [0, 0.1) is 5.82 Å². The number of hydrogen-bond donors (Lipinski definition) is 1. The molecule has 162 valence electrons. The van der Waals surface area contributed by atoms with Crippen LogP contribution in [-0.4, -0.2) is 28.3 Å². The number of halogens is 1. The molecule has 4 aromatic rings. The van der Waals surface area contributed by atoms with Crippen LogP contribution in [0.1, 0.15) is 5.56 Å². The summed E-state index contributed by atoms with van der Waals surface area (Å²) in [6.07, 6.45) is 3.33. The minimum absolute atomic E-state index is 0.159. The molecule has 1 amide bonds. The van der Waals surface area contributed by atoms with Crippen molar-refractivity contribution in [3.8, 4) is 11.5 Å². The predicted octanol–water partition coefficient (Wildman–Crippen LogP) is 3.40. The highest BCUT2D eigenvalue weighted by Crippen LogP contribution is 2.32. The van der Waals surface area contributed by atoms with Gasteiger partial charge in [0.2, 0.25) is 5.91 Å². The fourth-order valence-corrected chi connectivity index (χ4v) is 3.79. The smallest absolute Gasteiger partial charge is 0.275 e. The molecule has 0 fully saturated rings. The van der Waals surface area contributed by atoms with Crippen LogP contribution in [0.3, 0.4) is 0 Å². The quantitative estimate of drug-likeness (QED) is 0.524. The van der Waals surface area contributed by atoms with Crippen molar-refractivity contribution < 1.29 is 18.7 Å². The number of benzene rings is 2. The lowest BCUT2D eigenvalue weighted by molar-refractivity contribution is -0.116. The van der Waals surface area contributed by atoms with Gasteiger partial charge < -0.3 is 23.9 Å². The van der Waals surface area contributed by atoms with Crippen LogP contribution >= 0.6 is 0 Å². The number of carbonyl (C=O) groups is 1. The molecule has 8 heteroatoms. The summed E-state index contributed by atoms with van der Waals surface area (Å²) in [6, 6.07) is 15.2. The molecule has 0 saturated carbocycles. The van der Waals surface area contributed by atoms with Crippen LogP contribution < -0.4 is 20.3 Å². The number of amides is 1. The molecule has 0 bridgehead atoms. The van der Waals surface area contributed by atoms with Crippen LogP contribution in [0.4, 0.5) is 10.1 Å². The van der Waals surface area contributed by atoms with Gasteiger partial charge in [-0.2, -0.15) is 0 Å². The molecule has 0 atom stereocenters. The summed E-state index contributed by atoms with van der Waals surface area (Å²) in [5.74, 6) is 0.518. The Kier molecular flexibility index (Phi) is 5.10. The number of hydrogen-bond acceptors (Lipinski definition) is 4. The van der Waals surface area contributed by atoms with Crippen molar-refractivity contribution in [1.82, 2.24) is 9.13 Å². The van der Waals surface area contributed by atoms with Gasteiger partial charge in [0.15, 0.2) is 11.5 Å². The summed E-state index contributed by atoms with van der Waals surface area (Å²) >= 11 is 0. The van der Waals surface area contributed by atoms with E-state index in [9.17, 15) is 14.0 Å². The van der Waals surface area contributed by atoms with E-state index in [0.29, 0.717) is 41.5 Å². The maximum atomic E-state index is 14.1. The van der Waals surface area contributed by atoms with E-state index in [4.69, 9.17) is 9.47 Å². The molecular weight excluding hydrogens is 413 g/mol. The van der Waals surface area contributed by atoms with Crippen LogP contribution in [0.5, 0.6) is 11.5 Å². The fourth-order valence-electron chi connectivity index (χ4n) is 3.79. The highest BCUT2D eigenvalue weighted by atomic mass is 19.1. The molecule has 7 nitrogen and oxygen atoms in total. The van der Waals surface area contributed by atoms with Crippen LogP contribution in [0.25, 0.3) is 10.9 Å².